The predicted molar refractivity (Wildman–Crippen MR) is 75.4 cm³/mol. The average Bonchev–Trinajstić information content (AvgIpc) is 3.23. The van der Waals surface area contributed by atoms with E-state index in [0.29, 0.717) is 17.3 Å². The minimum absolute atomic E-state index is 0.589. The third kappa shape index (κ3) is 2.58. The smallest absolute Gasteiger partial charge is 0.148 e. The molecule has 3 heteroatoms. The molecule has 0 bridgehead atoms. The first-order valence-corrected chi connectivity index (χ1v) is 6.51. The van der Waals surface area contributed by atoms with Crippen molar-refractivity contribution in [3.8, 4) is 6.07 Å². The molecule has 1 saturated carbocycles. The van der Waals surface area contributed by atoms with Gasteiger partial charge in [-0.3, -0.25) is 0 Å². The number of benzene rings is 1. The molecular formula is C16H15N3. The fourth-order valence-corrected chi connectivity index (χ4v) is 2.13. The van der Waals surface area contributed by atoms with Crippen molar-refractivity contribution < 1.29 is 0 Å². The maximum atomic E-state index is 9.17. The minimum Gasteiger partial charge on any atom is -0.339 e. The molecule has 1 heterocycles. The highest BCUT2D eigenvalue weighted by Crippen LogP contribution is 2.39. The van der Waals surface area contributed by atoms with E-state index in [-0.39, 0.29) is 0 Å². The lowest BCUT2D eigenvalue weighted by atomic mass is 10.2. The van der Waals surface area contributed by atoms with Crippen molar-refractivity contribution in [2.24, 2.45) is 0 Å². The molecular weight excluding hydrogens is 234 g/mol. The summed E-state index contributed by atoms with van der Waals surface area (Å²) in [5, 5.41) is 12.4. The zero-order chi connectivity index (χ0) is 13.2. The Hall–Kier alpha value is -2.34. The molecule has 1 aliphatic carbocycles. The van der Waals surface area contributed by atoms with Gasteiger partial charge >= 0.3 is 0 Å². The number of nitriles is 1. The van der Waals surface area contributed by atoms with Gasteiger partial charge in [0.2, 0.25) is 0 Å². The van der Waals surface area contributed by atoms with Gasteiger partial charge in [-0.2, -0.15) is 5.26 Å². The van der Waals surface area contributed by atoms with E-state index in [2.05, 4.69) is 16.4 Å². The fraction of sp³-hybridized carbons (Fsp3) is 0.250. The van der Waals surface area contributed by atoms with Crippen molar-refractivity contribution in [1.29, 1.82) is 5.26 Å². The summed E-state index contributed by atoms with van der Waals surface area (Å²) >= 11 is 0. The number of anilines is 2. The first-order chi connectivity index (χ1) is 9.26. The van der Waals surface area contributed by atoms with Crippen LogP contribution < -0.4 is 5.32 Å². The lowest BCUT2D eigenvalue weighted by Gasteiger charge is -2.09. The lowest BCUT2D eigenvalue weighted by Crippen LogP contribution is -1.99. The molecule has 1 aromatic heterocycles. The SMILES string of the molecule is Cc1cccc(Nc2nc(C3CC3)ccc2C#N)c1. The van der Waals surface area contributed by atoms with Crippen LogP contribution in [0.3, 0.4) is 0 Å². The van der Waals surface area contributed by atoms with Gasteiger partial charge in [0, 0.05) is 17.3 Å². The Balaban J connectivity index is 1.94. The number of rotatable bonds is 3. The normalized spacial score (nSPS) is 13.9. The summed E-state index contributed by atoms with van der Waals surface area (Å²) in [5.74, 6) is 1.25. The third-order valence-electron chi connectivity index (χ3n) is 3.31. The molecule has 1 aromatic carbocycles. The second kappa shape index (κ2) is 4.74. The quantitative estimate of drug-likeness (QED) is 0.897. The average molecular weight is 249 g/mol. The molecule has 19 heavy (non-hydrogen) atoms. The van der Waals surface area contributed by atoms with Gasteiger partial charge in [0.25, 0.3) is 0 Å². The number of nitrogens with one attached hydrogen (secondary N) is 1. The molecule has 0 unspecified atom stereocenters. The van der Waals surface area contributed by atoms with Crippen LogP contribution in [0.25, 0.3) is 0 Å². The summed E-state index contributed by atoms with van der Waals surface area (Å²) in [7, 11) is 0. The van der Waals surface area contributed by atoms with Gasteiger partial charge in [-0.05, 0) is 49.6 Å². The molecule has 2 aromatic rings. The zero-order valence-electron chi connectivity index (χ0n) is 10.9. The van der Waals surface area contributed by atoms with Crippen LogP contribution in [0, 0.1) is 18.3 Å². The van der Waals surface area contributed by atoms with E-state index in [1.54, 1.807) is 0 Å². The van der Waals surface area contributed by atoms with Gasteiger partial charge in [-0.15, -0.1) is 0 Å². The number of nitrogens with zero attached hydrogens (tertiary/aromatic N) is 2. The summed E-state index contributed by atoms with van der Waals surface area (Å²) < 4.78 is 0. The Morgan fingerprint density at radius 3 is 2.79 bits per heavy atom. The molecule has 1 N–H and O–H groups in total. The molecule has 0 atom stereocenters. The van der Waals surface area contributed by atoms with E-state index in [4.69, 9.17) is 5.26 Å². The predicted octanol–water partition coefficient (Wildman–Crippen LogP) is 3.88. The molecule has 1 fully saturated rings. The summed E-state index contributed by atoms with van der Waals surface area (Å²) in [4.78, 5) is 4.60. The van der Waals surface area contributed by atoms with Crippen molar-refractivity contribution in [3.05, 3.63) is 53.2 Å². The third-order valence-corrected chi connectivity index (χ3v) is 3.31. The first kappa shape index (κ1) is 11.7. The van der Waals surface area contributed by atoms with Gasteiger partial charge in [-0.25, -0.2) is 4.98 Å². The van der Waals surface area contributed by atoms with Crippen molar-refractivity contribution in [2.45, 2.75) is 25.7 Å². The first-order valence-electron chi connectivity index (χ1n) is 6.51. The highest BCUT2D eigenvalue weighted by atomic mass is 15.0. The number of aryl methyl sites for hydroxylation is 1. The molecule has 0 radical (unpaired) electrons. The van der Waals surface area contributed by atoms with Gasteiger partial charge in [-0.1, -0.05) is 12.1 Å². The zero-order valence-corrected chi connectivity index (χ0v) is 10.9. The monoisotopic (exact) mass is 249 g/mol. The van der Waals surface area contributed by atoms with E-state index in [1.807, 2.05) is 43.3 Å². The van der Waals surface area contributed by atoms with Crippen molar-refractivity contribution in [2.75, 3.05) is 5.32 Å². The van der Waals surface area contributed by atoms with Crippen molar-refractivity contribution in [1.82, 2.24) is 4.98 Å². The van der Waals surface area contributed by atoms with Crippen molar-refractivity contribution in [3.63, 3.8) is 0 Å². The largest absolute Gasteiger partial charge is 0.339 e. The van der Waals surface area contributed by atoms with Gasteiger partial charge in [0.15, 0.2) is 0 Å². The van der Waals surface area contributed by atoms with Gasteiger partial charge in [0.1, 0.15) is 11.9 Å². The van der Waals surface area contributed by atoms with Crippen LogP contribution in [0.4, 0.5) is 11.5 Å². The Morgan fingerprint density at radius 2 is 2.11 bits per heavy atom. The molecule has 0 saturated heterocycles. The maximum absolute atomic E-state index is 9.17. The van der Waals surface area contributed by atoms with Gasteiger partial charge < -0.3 is 5.32 Å². The molecule has 3 rings (SSSR count). The maximum Gasteiger partial charge on any atom is 0.148 e. The van der Waals surface area contributed by atoms with Crippen LogP contribution in [-0.4, -0.2) is 4.98 Å². The standard InChI is InChI=1S/C16H15N3/c1-11-3-2-4-14(9-11)18-16-13(10-17)7-8-15(19-16)12-5-6-12/h2-4,7-9,12H,5-6H2,1H3,(H,18,19). The number of hydrogen-bond donors (Lipinski definition) is 1. The van der Waals surface area contributed by atoms with Crippen LogP contribution in [-0.2, 0) is 0 Å². The van der Waals surface area contributed by atoms with Crippen LogP contribution in [0.1, 0.15) is 35.6 Å². The molecule has 3 nitrogen and oxygen atoms in total. The van der Waals surface area contributed by atoms with Crippen LogP contribution >= 0.6 is 0 Å². The molecule has 0 aliphatic heterocycles. The molecule has 0 spiro atoms. The number of pyridine rings is 1. The topological polar surface area (TPSA) is 48.7 Å². The minimum atomic E-state index is 0.589. The van der Waals surface area contributed by atoms with Crippen molar-refractivity contribution >= 4 is 11.5 Å². The van der Waals surface area contributed by atoms with E-state index >= 15 is 0 Å². The lowest BCUT2D eigenvalue weighted by molar-refractivity contribution is 1.02. The van der Waals surface area contributed by atoms with E-state index < -0.39 is 0 Å². The van der Waals surface area contributed by atoms with Crippen LogP contribution in [0.15, 0.2) is 36.4 Å². The van der Waals surface area contributed by atoms with Crippen LogP contribution in [0.2, 0.25) is 0 Å². The summed E-state index contributed by atoms with van der Waals surface area (Å²) in [6, 6.07) is 14.1. The molecule has 0 amide bonds. The number of hydrogen-bond acceptors (Lipinski definition) is 3. The molecule has 94 valence electrons. The molecule has 1 aliphatic rings. The second-order valence-electron chi connectivity index (χ2n) is 5.01. The highest BCUT2D eigenvalue weighted by molar-refractivity contribution is 5.63. The van der Waals surface area contributed by atoms with Gasteiger partial charge in [0.05, 0.1) is 5.56 Å². The van der Waals surface area contributed by atoms with E-state index in [0.717, 1.165) is 11.4 Å². The Labute approximate surface area is 112 Å². The van der Waals surface area contributed by atoms with E-state index in [1.165, 1.54) is 18.4 Å². The number of aromatic nitrogens is 1. The Morgan fingerprint density at radius 1 is 1.26 bits per heavy atom. The summed E-state index contributed by atoms with van der Waals surface area (Å²) in [6.45, 7) is 2.05. The highest BCUT2D eigenvalue weighted by Gasteiger charge is 2.25. The fourth-order valence-electron chi connectivity index (χ4n) is 2.13. The Bertz CT molecular complexity index is 651. The Kier molecular flexibility index (Phi) is 2.92. The summed E-state index contributed by atoms with van der Waals surface area (Å²) in [6.07, 6.45) is 2.42. The van der Waals surface area contributed by atoms with E-state index in [9.17, 15) is 0 Å². The summed E-state index contributed by atoms with van der Waals surface area (Å²) in [5.41, 5.74) is 3.83. The second-order valence-corrected chi connectivity index (χ2v) is 5.01. The van der Waals surface area contributed by atoms with Crippen LogP contribution in [0.5, 0.6) is 0 Å².